The molecule has 1 fully saturated rings. The zero-order valence-corrected chi connectivity index (χ0v) is 16.9. The summed E-state index contributed by atoms with van der Waals surface area (Å²) in [5.41, 5.74) is 2.54. The van der Waals surface area contributed by atoms with Gasteiger partial charge >= 0.3 is 6.09 Å². The first-order chi connectivity index (χ1) is 14.2. The van der Waals surface area contributed by atoms with Gasteiger partial charge in [-0.1, -0.05) is 18.2 Å². The Kier molecular flexibility index (Phi) is 5.23. The molecule has 2 aliphatic heterocycles. The molecule has 2 aromatic carbocycles. The van der Waals surface area contributed by atoms with Crippen LogP contribution in [0, 0.1) is 24.4 Å². The SMILES string of the molecule is Cc1cccc2c1N(C1CCN(S(=O)(=O)c3ccc(F)c(F)c3F)CC1)C(=O)OC2. The Morgan fingerprint density at radius 1 is 1.03 bits per heavy atom. The smallest absolute Gasteiger partial charge is 0.414 e. The fourth-order valence-electron chi connectivity index (χ4n) is 4.00. The molecule has 0 bridgehead atoms. The third-order valence-corrected chi connectivity index (χ3v) is 7.43. The number of hydrogen-bond donors (Lipinski definition) is 0. The normalized spacial score (nSPS) is 18.3. The van der Waals surface area contributed by atoms with Crippen LogP contribution in [-0.2, 0) is 21.4 Å². The number of rotatable bonds is 3. The third-order valence-electron chi connectivity index (χ3n) is 5.52. The van der Waals surface area contributed by atoms with Crippen molar-refractivity contribution in [2.24, 2.45) is 0 Å². The Morgan fingerprint density at radius 2 is 1.73 bits per heavy atom. The van der Waals surface area contributed by atoms with Crippen LogP contribution in [0.2, 0.25) is 0 Å². The molecule has 0 radical (unpaired) electrons. The molecule has 4 rings (SSSR count). The summed E-state index contributed by atoms with van der Waals surface area (Å²) in [5.74, 6) is -5.02. The highest BCUT2D eigenvalue weighted by atomic mass is 32.2. The predicted octanol–water partition coefficient (Wildman–Crippen LogP) is 3.72. The number of sulfonamides is 1. The van der Waals surface area contributed by atoms with Crippen LogP contribution in [0.25, 0.3) is 0 Å². The van der Waals surface area contributed by atoms with E-state index in [2.05, 4.69) is 0 Å². The predicted molar refractivity (Wildman–Crippen MR) is 102 cm³/mol. The molecule has 0 N–H and O–H groups in total. The van der Waals surface area contributed by atoms with Gasteiger partial charge in [0.2, 0.25) is 10.0 Å². The first-order valence-corrected chi connectivity index (χ1v) is 10.8. The number of halogens is 3. The number of ether oxygens (including phenoxy) is 1. The summed E-state index contributed by atoms with van der Waals surface area (Å²) in [6.07, 6.45) is 0.0746. The molecule has 0 saturated carbocycles. The Labute approximate surface area is 171 Å². The van der Waals surface area contributed by atoms with Gasteiger partial charge in [0.05, 0.1) is 5.69 Å². The summed E-state index contributed by atoms with van der Waals surface area (Å²) in [6.45, 7) is 2.05. The van der Waals surface area contributed by atoms with Crippen molar-refractivity contribution >= 4 is 21.8 Å². The van der Waals surface area contributed by atoms with Crippen molar-refractivity contribution in [2.45, 2.75) is 37.3 Å². The molecule has 6 nitrogen and oxygen atoms in total. The number of aryl methyl sites for hydroxylation is 1. The van der Waals surface area contributed by atoms with Crippen molar-refractivity contribution in [1.29, 1.82) is 0 Å². The van der Waals surface area contributed by atoms with Crippen LogP contribution >= 0.6 is 0 Å². The second kappa shape index (κ2) is 7.59. The number of benzene rings is 2. The van der Waals surface area contributed by atoms with Crippen molar-refractivity contribution in [2.75, 3.05) is 18.0 Å². The molecule has 1 saturated heterocycles. The topological polar surface area (TPSA) is 66.9 Å². The molecular formula is C20H19F3N2O4S. The number of hydrogen-bond acceptors (Lipinski definition) is 4. The number of piperidine rings is 1. The van der Waals surface area contributed by atoms with Gasteiger partial charge in [-0.3, -0.25) is 4.90 Å². The molecule has 160 valence electrons. The van der Waals surface area contributed by atoms with Crippen LogP contribution in [0.5, 0.6) is 0 Å². The molecule has 10 heteroatoms. The van der Waals surface area contributed by atoms with E-state index in [0.29, 0.717) is 6.07 Å². The van der Waals surface area contributed by atoms with Crippen molar-refractivity contribution < 1.29 is 31.1 Å². The first kappa shape index (κ1) is 20.7. The number of fused-ring (bicyclic) bond motifs is 1. The minimum atomic E-state index is -4.35. The standard InChI is InChI=1S/C20H19F3N2O4S/c1-12-3-2-4-13-11-29-20(26)25(19(12)13)14-7-9-24(10-8-14)30(27,28)16-6-5-15(21)17(22)18(16)23/h2-6,14H,7-11H2,1H3. The van der Waals surface area contributed by atoms with E-state index in [4.69, 9.17) is 4.74 Å². The molecule has 0 unspecified atom stereocenters. The van der Waals surface area contributed by atoms with E-state index < -0.39 is 38.5 Å². The fraction of sp³-hybridized carbons (Fsp3) is 0.350. The largest absolute Gasteiger partial charge is 0.444 e. The van der Waals surface area contributed by atoms with E-state index in [1.807, 2.05) is 25.1 Å². The van der Waals surface area contributed by atoms with Crippen LogP contribution in [0.15, 0.2) is 35.2 Å². The zero-order chi connectivity index (χ0) is 21.6. The Balaban J connectivity index is 1.57. The fourth-order valence-corrected chi connectivity index (χ4v) is 5.53. The van der Waals surface area contributed by atoms with E-state index in [9.17, 15) is 26.4 Å². The van der Waals surface area contributed by atoms with E-state index >= 15 is 0 Å². The summed E-state index contributed by atoms with van der Waals surface area (Å²) in [7, 11) is -4.35. The van der Waals surface area contributed by atoms with E-state index in [1.54, 1.807) is 4.90 Å². The molecule has 30 heavy (non-hydrogen) atoms. The maximum atomic E-state index is 14.1. The zero-order valence-electron chi connectivity index (χ0n) is 16.1. The number of carbonyl (C=O) groups excluding carboxylic acids is 1. The van der Waals surface area contributed by atoms with Gasteiger partial charge in [0.25, 0.3) is 0 Å². The second-order valence-electron chi connectivity index (χ2n) is 7.32. The number of anilines is 1. The minimum Gasteiger partial charge on any atom is -0.444 e. The summed E-state index contributed by atoms with van der Waals surface area (Å²) in [5, 5.41) is 0. The highest BCUT2D eigenvalue weighted by molar-refractivity contribution is 7.89. The van der Waals surface area contributed by atoms with Gasteiger partial charge in [-0.15, -0.1) is 0 Å². The Morgan fingerprint density at radius 3 is 2.43 bits per heavy atom. The molecule has 0 atom stereocenters. The monoisotopic (exact) mass is 440 g/mol. The van der Waals surface area contributed by atoms with Crippen LogP contribution in [0.1, 0.15) is 24.0 Å². The highest BCUT2D eigenvalue weighted by Gasteiger charge is 2.38. The Hall–Kier alpha value is -2.59. The van der Waals surface area contributed by atoms with E-state index in [0.717, 1.165) is 27.2 Å². The molecular weight excluding hydrogens is 421 g/mol. The van der Waals surface area contributed by atoms with Crippen LogP contribution < -0.4 is 4.90 Å². The molecule has 1 amide bonds. The average molecular weight is 440 g/mol. The van der Waals surface area contributed by atoms with Gasteiger partial charge in [0.1, 0.15) is 11.5 Å². The van der Waals surface area contributed by atoms with Crippen molar-refractivity contribution in [3.05, 3.63) is 58.9 Å². The van der Waals surface area contributed by atoms with Crippen molar-refractivity contribution in [1.82, 2.24) is 4.31 Å². The van der Waals surface area contributed by atoms with Gasteiger partial charge in [0, 0.05) is 24.7 Å². The molecule has 0 aromatic heterocycles. The van der Waals surface area contributed by atoms with Gasteiger partial charge in [-0.2, -0.15) is 4.31 Å². The minimum absolute atomic E-state index is 0.00354. The first-order valence-electron chi connectivity index (χ1n) is 9.40. The number of cyclic esters (lactones) is 1. The van der Waals surface area contributed by atoms with E-state index in [1.165, 1.54) is 0 Å². The van der Waals surface area contributed by atoms with Crippen LogP contribution in [-0.4, -0.2) is 37.9 Å². The third kappa shape index (κ3) is 3.33. The van der Waals surface area contributed by atoms with Crippen LogP contribution in [0.4, 0.5) is 23.7 Å². The molecule has 2 aromatic rings. The number of amides is 1. The number of para-hydroxylation sites is 1. The van der Waals surface area contributed by atoms with Crippen LogP contribution in [0.3, 0.4) is 0 Å². The Bertz CT molecular complexity index is 1120. The molecule has 0 aliphatic carbocycles. The summed E-state index contributed by atoms with van der Waals surface area (Å²) in [4.78, 5) is 13.1. The molecule has 0 spiro atoms. The van der Waals surface area contributed by atoms with E-state index in [-0.39, 0.29) is 38.6 Å². The number of carbonyl (C=O) groups is 1. The lowest BCUT2D eigenvalue weighted by Crippen LogP contribution is -2.50. The van der Waals surface area contributed by atoms with Crippen molar-refractivity contribution in [3.63, 3.8) is 0 Å². The van der Waals surface area contributed by atoms with Gasteiger partial charge < -0.3 is 4.74 Å². The van der Waals surface area contributed by atoms with Gasteiger partial charge in [-0.25, -0.2) is 26.4 Å². The quantitative estimate of drug-likeness (QED) is 0.683. The summed E-state index contributed by atoms with van der Waals surface area (Å²) in [6, 6.07) is 6.62. The second-order valence-corrected chi connectivity index (χ2v) is 9.22. The number of nitrogens with zero attached hydrogens (tertiary/aromatic N) is 2. The highest BCUT2D eigenvalue weighted by Crippen LogP contribution is 2.35. The summed E-state index contributed by atoms with van der Waals surface area (Å²) < 4.78 is 72.5. The summed E-state index contributed by atoms with van der Waals surface area (Å²) >= 11 is 0. The lowest BCUT2D eigenvalue weighted by atomic mass is 10.00. The van der Waals surface area contributed by atoms with Crippen molar-refractivity contribution in [3.8, 4) is 0 Å². The molecule has 2 heterocycles. The van der Waals surface area contributed by atoms with Gasteiger partial charge in [-0.05, 0) is 37.5 Å². The maximum Gasteiger partial charge on any atom is 0.414 e. The van der Waals surface area contributed by atoms with Gasteiger partial charge in [0.15, 0.2) is 17.5 Å². The lowest BCUT2D eigenvalue weighted by Gasteiger charge is -2.40. The average Bonchev–Trinajstić information content (AvgIpc) is 2.72. The molecule has 2 aliphatic rings. The lowest BCUT2D eigenvalue weighted by molar-refractivity contribution is 0.135. The maximum absolute atomic E-state index is 14.1.